The molecule has 0 radical (unpaired) electrons. The van der Waals surface area contributed by atoms with Gasteiger partial charge in [0.1, 0.15) is 11.6 Å². The van der Waals surface area contributed by atoms with Crippen molar-refractivity contribution in [2.45, 2.75) is 71.6 Å². The van der Waals surface area contributed by atoms with Gasteiger partial charge in [0.15, 0.2) is 11.5 Å². The number of nitrogens with zero attached hydrogens (tertiary/aromatic N) is 2. The molecule has 0 aliphatic rings. The molecule has 0 atom stereocenters. The molecule has 0 spiro atoms. The number of rotatable bonds is 18. The summed E-state index contributed by atoms with van der Waals surface area (Å²) in [6.07, 6.45) is 11.3. The van der Waals surface area contributed by atoms with Crippen molar-refractivity contribution in [1.29, 1.82) is 0 Å². The quantitative estimate of drug-likeness (QED) is 0.162. The molecule has 0 amide bonds. The average molecular weight is 544 g/mol. The molecular weight excluding hydrogens is 501 g/mol. The number of fused-ring (bicyclic) bond motifs is 1. The van der Waals surface area contributed by atoms with E-state index in [-0.39, 0.29) is 5.02 Å². The van der Waals surface area contributed by atoms with Crippen LogP contribution in [-0.2, 0) is 0 Å². The van der Waals surface area contributed by atoms with Gasteiger partial charge >= 0.3 is 0 Å². The summed E-state index contributed by atoms with van der Waals surface area (Å²) in [6.45, 7) is 8.52. The van der Waals surface area contributed by atoms with E-state index in [4.69, 9.17) is 26.1 Å². The molecule has 7 heteroatoms. The molecule has 0 saturated heterocycles. The molecule has 3 rings (SSSR count). The first kappa shape index (κ1) is 30.0. The highest BCUT2D eigenvalue weighted by atomic mass is 35.5. The van der Waals surface area contributed by atoms with E-state index in [9.17, 15) is 4.39 Å². The lowest BCUT2D eigenvalue weighted by molar-refractivity contribution is 0.223. The number of anilines is 2. The van der Waals surface area contributed by atoms with Gasteiger partial charge in [0.25, 0.3) is 0 Å². The molecule has 3 aromatic rings. The number of halogens is 2. The fourth-order valence-electron chi connectivity index (χ4n) is 4.52. The molecule has 1 aromatic heterocycles. The fraction of sp³-hybridized carbons (Fsp3) is 0.516. The van der Waals surface area contributed by atoms with Crippen LogP contribution in [-0.4, -0.2) is 43.2 Å². The predicted molar refractivity (Wildman–Crippen MR) is 158 cm³/mol. The van der Waals surface area contributed by atoms with E-state index in [0.29, 0.717) is 29.6 Å². The molecule has 0 aliphatic heterocycles. The van der Waals surface area contributed by atoms with Crippen LogP contribution in [0.4, 0.5) is 15.9 Å². The standard InChI is InChI=1S/C31H43ClFN3O2/c1-4-6-8-10-17-36(18-11-9-7-5-2)19-12-20-38-30-23-28-24(21-29(30)37-3)13-16-31(35-28)34-25-14-15-27(33)26(32)22-25/h13-16,21-23H,4-12,17-20H2,1-3H3,(H,34,35). The minimum atomic E-state index is -0.450. The second-order valence-electron chi connectivity index (χ2n) is 9.81. The van der Waals surface area contributed by atoms with Gasteiger partial charge in [-0.3, -0.25) is 0 Å². The maximum atomic E-state index is 13.5. The molecule has 38 heavy (non-hydrogen) atoms. The molecule has 2 aromatic carbocycles. The summed E-state index contributed by atoms with van der Waals surface area (Å²) >= 11 is 5.92. The first-order valence-corrected chi connectivity index (χ1v) is 14.5. The van der Waals surface area contributed by atoms with Gasteiger partial charge in [-0.2, -0.15) is 0 Å². The maximum absolute atomic E-state index is 13.5. The number of ether oxygens (including phenoxy) is 2. The van der Waals surface area contributed by atoms with E-state index in [1.54, 1.807) is 19.2 Å². The van der Waals surface area contributed by atoms with E-state index in [1.807, 2.05) is 24.3 Å². The second-order valence-corrected chi connectivity index (χ2v) is 10.2. The summed E-state index contributed by atoms with van der Waals surface area (Å²) in [7, 11) is 1.66. The van der Waals surface area contributed by atoms with E-state index < -0.39 is 5.82 Å². The first-order valence-electron chi connectivity index (χ1n) is 14.1. The monoisotopic (exact) mass is 543 g/mol. The number of hydrogen-bond donors (Lipinski definition) is 1. The Morgan fingerprint density at radius 3 is 2.21 bits per heavy atom. The molecule has 0 bridgehead atoms. The lowest BCUT2D eigenvalue weighted by atomic mass is 10.1. The van der Waals surface area contributed by atoms with Gasteiger partial charge in [0, 0.05) is 23.7 Å². The van der Waals surface area contributed by atoms with Gasteiger partial charge in [0.05, 0.1) is 24.3 Å². The Morgan fingerprint density at radius 1 is 0.842 bits per heavy atom. The van der Waals surface area contributed by atoms with Gasteiger partial charge in [-0.15, -0.1) is 0 Å². The van der Waals surface area contributed by atoms with Crippen LogP contribution < -0.4 is 14.8 Å². The molecule has 1 N–H and O–H groups in total. The summed E-state index contributed by atoms with van der Waals surface area (Å²) in [6, 6.07) is 12.2. The lowest BCUT2D eigenvalue weighted by Gasteiger charge is -2.22. The SMILES string of the molecule is CCCCCCN(CCCCCC)CCCOc1cc2nc(Nc3ccc(F)c(Cl)c3)ccc2cc1OC. The number of pyridine rings is 1. The number of hydrogen-bond acceptors (Lipinski definition) is 5. The smallest absolute Gasteiger partial charge is 0.163 e. The third-order valence-electron chi connectivity index (χ3n) is 6.70. The Hall–Kier alpha value is -2.57. The van der Waals surface area contributed by atoms with Crippen molar-refractivity contribution in [2.75, 3.05) is 38.7 Å². The number of unbranched alkanes of at least 4 members (excludes halogenated alkanes) is 6. The second kappa shape index (κ2) is 16.4. The summed E-state index contributed by atoms with van der Waals surface area (Å²) in [5.74, 6) is 1.57. The summed E-state index contributed by atoms with van der Waals surface area (Å²) in [4.78, 5) is 7.33. The molecule has 1 heterocycles. The zero-order valence-corrected chi connectivity index (χ0v) is 24.0. The predicted octanol–water partition coefficient (Wildman–Crippen LogP) is 9.01. The Bertz CT molecular complexity index is 1120. The Kier molecular flexibility index (Phi) is 12.9. The van der Waals surface area contributed by atoms with Crippen molar-refractivity contribution in [2.24, 2.45) is 0 Å². The highest BCUT2D eigenvalue weighted by Gasteiger charge is 2.11. The van der Waals surface area contributed by atoms with E-state index in [1.165, 1.54) is 70.5 Å². The van der Waals surface area contributed by atoms with E-state index >= 15 is 0 Å². The Morgan fingerprint density at radius 2 is 1.55 bits per heavy atom. The van der Waals surface area contributed by atoms with Crippen molar-refractivity contribution in [3.63, 3.8) is 0 Å². The van der Waals surface area contributed by atoms with Crippen LogP contribution in [0, 0.1) is 5.82 Å². The van der Waals surface area contributed by atoms with Crippen molar-refractivity contribution in [3.8, 4) is 11.5 Å². The van der Waals surface area contributed by atoms with Crippen LogP contribution in [0.15, 0.2) is 42.5 Å². The number of benzene rings is 2. The van der Waals surface area contributed by atoms with Crippen molar-refractivity contribution < 1.29 is 13.9 Å². The Balaban J connectivity index is 1.60. The molecule has 5 nitrogen and oxygen atoms in total. The molecule has 0 fully saturated rings. The van der Waals surface area contributed by atoms with Gasteiger partial charge in [-0.1, -0.05) is 64.0 Å². The highest BCUT2D eigenvalue weighted by Crippen LogP contribution is 2.33. The topological polar surface area (TPSA) is 46.6 Å². The molecule has 0 unspecified atom stereocenters. The third kappa shape index (κ3) is 9.63. The molecular formula is C31H43ClFN3O2. The van der Waals surface area contributed by atoms with Crippen molar-refractivity contribution in [1.82, 2.24) is 9.88 Å². The molecule has 0 saturated carbocycles. The molecule has 208 valence electrons. The summed E-state index contributed by atoms with van der Waals surface area (Å²) < 4.78 is 25.3. The van der Waals surface area contributed by atoms with E-state index in [2.05, 4.69) is 24.1 Å². The summed E-state index contributed by atoms with van der Waals surface area (Å²) in [5.41, 5.74) is 1.45. The van der Waals surface area contributed by atoms with E-state index in [0.717, 1.165) is 23.9 Å². The molecule has 0 aliphatic carbocycles. The van der Waals surface area contributed by atoms with Gasteiger partial charge in [-0.05, 0) is 68.8 Å². The van der Waals surface area contributed by atoms with Crippen LogP contribution in [0.3, 0.4) is 0 Å². The fourth-order valence-corrected chi connectivity index (χ4v) is 4.71. The Labute approximate surface area is 232 Å². The maximum Gasteiger partial charge on any atom is 0.163 e. The van der Waals surface area contributed by atoms with Crippen molar-refractivity contribution >= 4 is 34.0 Å². The summed E-state index contributed by atoms with van der Waals surface area (Å²) in [5, 5.41) is 4.20. The van der Waals surface area contributed by atoms with Crippen LogP contribution in [0.5, 0.6) is 11.5 Å². The van der Waals surface area contributed by atoms with Crippen LogP contribution in [0.1, 0.15) is 71.6 Å². The minimum absolute atomic E-state index is 0.0664. The van der Waals surface area contributed by atoms with Crippen molar-refractivity contribution in [3.05, 3.63) is 53.3 Å². The average Bonchev–Trinajstić information content (AvgIpc) is 2.92. The third-order valence-corrected chi connectivity index (χ3v) is 6.99. The highest BCUT2D eigenvalue weighted by molar-refractivity contribution is 6.31. The number of nitrogens with one attached hydrogen (secondary N) is 1. The number of aromatic nitrogens is 1. The van der Waals surface area contributed by atoms with Gasteiger partial charge in [-0.25, -0.2) is 9.37 Å². The first-order chi connectivity index (χ1) is 18.5. The largest absolute Gasteiger partial charge is 0.493 e. The number of methoxy groups -OCH3 is 1. The van der Waals surface area contributed by atoms with Crippen LogP contribution in [0.25, 0.3) is 10.9 Å². The van der Waals surface area contributed by atoms with Gasteiger partial charge < -0.3 is 19.7 Å². The normalized spacial score (nSPS) is 11.3. The minimum Gasteiger partial charge on any atom is -0.493 e. The zero-order chi connectivity index (χ0) is 27.2. The lowest BCUT2D eigenvalue weighted by Crippen LogP contribution is -2.28. The van der Waals surface area contributed by atoms with Crippen LogP contribution >= 0.6 is 11.6 Å². The zero-order valence-electron chi connectivity index (χ0n) is 23.2. The van der Waals surface area contributed by atoms with Crippen LogP contribution in [0.2, 0.25) is 5.02 Å². The van der Waals surface area contributed by atoms with Gasteiger partial charge in [0.2, 0.25) is 0 Å².